The van der Waals surface area contributed by atoms with Crippen LogP contribution in [0.1, 0.15) is 45.2 Å². The Kier molecular flexibility index (Phi) is 6.32. The van der Waals surface area contributed by atoms with Gasteiger partial charge < -0.3 is 14.8 Å². The van der Waals surface area contributed by atoms with Gasteiger partial charge in [0.25, 0.3) is 0 Å². The van der Waals surface area contributed by atoms with E-state index < -0.39 is 0 Å². The van der Waals surface area contributed by atoms with Crippen LogP contribution in [0.4, 0.5) is 0 Å². The van der Waals surface area contributed by atoms with Crippen molar-refractivity contribution in [3.63, 3.8) is 0 Å². The number of nitrogens with one attached hydrogen (secondary N) is 1. The van der Waals surface area contributed by atoms with Gasteiger partial charge >= 0.3 is 0 Å². The van der Waals surface area contributed by atoms with Crippen molar-refractivity contribution in [1.29, 1.82) is 0 Å². The van der Waals surface area contributed by atoms with E-state index in [1.807, 2.05) is 19.2 Å². The lowest BCUT2D eigenvalue weighted by molar-refractivity contribution is -0.0280. The quantitative estimate of drug-likeness (QED) is 0.779. The SMILES string of the molecule is CCCOc1ccc(C(NC)C(C)(CC)OC)cc1. The van der Waals surface area contributed by atoms with Gasteiger partial charge in [0.05, 0.1) is 18.2 Å². The normalized spacial score (nSPS) is 15.8. The van der Waals surface area contributed by atoms with Crippen LogP contribution in [-0.2, 0) is 4.74 Å². The Morgan fingerprint density at radius 2 is 1.84 bits per heavy atom. The van der Waals surface area contributed by atoms with Crippen molar-refractivity contribution in [2.75, 3.05) is 20.8 Å². The maximum Gasteiger partial charge on any atom is 0.119 e. The van der Waals surface area contributed by atoms with Crippen LogP contribution in [0, 0.1) is 0 Å². The summed E-state index contributed by atoms with van der Waals surface area (Å²) in [6.07, 6.45) is 1.97. The Labute approximate surface area is 117 Å². The maximum absolute atomic E-state index is 5.70. The van der Waals surface area contributed by atoms with Crippen LogP contribution in [0.2, 0.25) is 0 Å². The molecule has 2 atom stereocenters. The molecule has 1 rings (SSSR count). The van der Waals surface area contributed by atoms with Crippen molar-refractivity contribution in [2.45, 2.75) is 45.3 Å². The highest BCUT2D eigenvalue weighted by Crippen LogP contribution is 2.32. The zero-order chi connectivity index (χ0) is 14.3. The first kappa shape index (κ1) is 16.0. The molecule has 0 radical (unpaired) electrons. The van der Waals surface area contributed by atoms with Crippen LogP contribution >= 0.6 is 0 Å². The van der Waals surface area contributed by atoms with Crippen LogP contribution in [0.5, 0.6) is 5.75 Å². The average molecular weight is 265 g/mol. The van der Waals surface area contributed by atoms with E-state index in [9.17, 15) is 0 Å². The van der Waals surface area contributed by atoms with Crippen LogP contribution in [0.25, 0.3) is 0 Å². The number of benzene rings is 1. The third-order valence-electron chi connectivity index (χ3n) is 3.75. The molecule has 0 saturated heterocycles. The molecule has 0 bridgehead atoms. The van der Waals surface area contributed by atoms with Crippen LogP contribution in [0.15, 0.2) is 24.3 Å². The highest BCUT2D eigenvalue weighted by molar-refractivity contribution is 5.30. The molecule has 3 nitrogen and oxygen atoms in total. The molecule has 0 aliphatic carbocycles. The first-order valence-electron chi connectivity index (χ1n) is 7.06. The fraction of sp³-hybridized carbons (Fsp3) is 0.625. The van der Waals surface area contributed by atoms with Crippen molar-refractivity contribution in [3.05, 3.63) is 29.8 Å². The number of rotatable bonds is 8. The molecule has 0 saturated carbocycles. The topological polar surface area (TPSA) is 30.5 Å². The van der Waals surface area contributed by atoms with Gasteiger partial charge in [0.1, 0.15) is 5.75 Å². The molecule has 2 unspecified atom stereocenters. The zero-order valence-electron chi connectivity index (χ0n) is 12.8. The van der Waals surface area contributed by atoms with Gasteiger partial charge in [-0.1, -0.05) is 26.0 Å². The molecular weight excluding hydrogens is 238 g/mol. The van der Waals surface area contributed by atoms with Crippen molar-refractivity contribution < 1.29 is 9.47 Å². The van der Waals surface area contributed by atoms with Gasteiger partial charge in [-0.3, -0.25) is 0 Å². The van der Waals surface area contributed by atoms with Gasteiger partial charge in [0.15, 0.2) is 0 Å². The molecule has 19 heavy (non-hydrogen) atoms. The predicted molar refractivity (Wildman–Crippen MR) is 79.7 cm³/mol. The molecule has 0 spiro atoms. The number of hydrogen-bond acceptors (Lipinski definition) is 3. The van der Waals surface area contributed by atoms with Gasteiger partial charge in [-0.05, 0) is 44.5 Å². The summed E-state index contributed by atoms with van der Waals surface area (Å²) in [5.41, 5.74) is 1.01. The summed E-state index contributed by atoms with van der Waals surface area (Å²) in [5, 5.41) is 3.36. The highest BCUT2D eigenvalue weighted by Gasteiger charge is 2.32. The molecule has 0 amide bonds. The maximum atomic E-state index is 5.70. The summed E-state index contributed by atoms with van der Waals surface area (Å²) in [5.74, 6) is 0.927. The molecule has 0 aromatic heterocycles. The van der Waals surface area contributed by atoms with Gasteiger partial charge in [-0.15, -0.1) is 0 Å². The Bertz CT molecular complexity index is 358. The fourth-order valence-electron chi connectivity index (χ4n) is 2.27. The van der Waals surface area contributed by atoms with Gasteiger partial charge in [-0.2, -0.15) is 0 Å². The number of likely N-dealkylation sites (N-methyl/N-ethyl adjacent to an activating group) is 1. The molecule has 1 aromatic rings. The van der Waals surface area contributed by atoms with Crippen LogP contribution in [-0.4, -0.2) is 26.4 Å². The van der Waals surface area contributed by atoms with Gasteiger partial charge in [0.2, 0.25) is 0 Å². The third-order valence-corrected chi connectivity index (χ3v) is 3.75. The first-order valence-corrected chi connectivity index (χ1v) is 7.06. The lowest BCUT2D eigenvalue weighted by Crippen LogP contribution is -2.41. The summed E-state index contributed by atoms with van der Waals surface area (Å²) in [6, 6.07) is 8.45. The first-order chi connectivity index (χ1) is 9.11. The minimum Gasteiger partial charge on any atom is -0.494 e. The monoisotopic (exact) mass is 265 g/mol. The second kappa shape index (κ2) is 7.51. The van der Waals surface area contributed by atoms with E-state index in [-0.39, 0.29) is 11.6 Å². The average Bonchev–Trinajstić information content (AvgIpc) is 2.46. The second-order valence-electron chi connectivity index (χ2n) is 5.01. The number of ether oxygens (including phenoxy) is 2. The summed E-state index contributed by atoms with van der Waals surface area (Å²) in [7, 11) is 3.74. The molecular formula is C16H27NO2. The second-order valence-corrected chi connectivity index (χ2v) is 5.01. The zero-order valence-corrected chi connectivity index (χ0v) is 12.8. The summed E-state index contributed by atoms with van der Waals surface area (Å²) in [4.78, 5) is 0. The number of methoxy groups -OCH3 is 1. The lowest BCUT2D eigenvalue weighted by atomic mass is 9.88. The van der Waals surface area contributed by atoms with E-state index in [0.29, 0.717) is 0 Å². The number of hydrogen-bond donors (Lipinski definition) is 1. The molecule has 1 N–H and O–H groups in total. The Hall–Kier alpha value is -1.06. The van der Waals surface area contributed by atoms with E-state index in [0.717, 1.165) is 25.2 Å². The predicted octanol–water partition coefficient (Wildman–Crippen LogP) is 3.55. The molecule has 0 aliphatic rings. The van der Waals surface area contributed by atoms with E-state index in [4.69, 9.17) is 9.47 Å². The van der Waals surface area contributed by atoms with Crippen molar-refractivity contribution in [2.24, 2.45) is 0 Å². The standard InChI is InChI=1S/C16H27NO2/c1-6-12-19-14-10-8-13(9-11-14)15(17-4)16(3,7-2)18-5/h8-11,15,17H,6-7,12H2,1-5H3. The summed E-state index contributed by atoms with van der Waals surface area (Å²) in [6.45, 7) is 7.15. The van der Waals surface area contributed by atoms with E-state index in [1.54, 1.807) is 7.11 Å². The Morgan fingerprint density at radius 3 is 2.26 bits per heavy atom. The van der Waals surface area contributed by atoms with Crippen molar-refractivity contribution in [1.82, 2.24) is 5.32 Å². The molecule has 0 aliphatic heterocycles. The van der Waals surface area contributed by atoms with Crippen molar-refractivity contribution >= 4 is 0 Å². The molecule has 0 heterocycles. The van der Waals surface area contributed by atoms with Gasteiger partial charge in [0, 0.05) is 7.11 Å². The van der Waals surface area contributed by atoms with E-state index >= 15 is 0 Å². The largest absolute Gasteiger partial charge is 0.494 e. The summed E-state index contributed by atoms with van der Waals surface area (Å²) < 4.78 is 11.3. The summed E-state index contributed by atoms with van der Waals surface area (Å²) >= 11 is 0. The van der Waals surface area contributed by atoms with Gasteiger partial charge in [-0.25, -0.2) is 0 Å². The lowest BCUT2D eigenvalue weighted by Gasteiger charge is -2.36. The Balaban J connectivity index is 2.87. The molecule has 1 aromatic carbocycles. The third kappa shape index (κ3) is 3.95. The fourth-order valence-corrected chi connectivity index (χ4v) is 2.27. The Morgan fingerprint density at radius 1 is 1.21 bits per heavy atom. The minimum atomic E-state index is -0.208. The highest BCUT2D eigenvalue weighted by atomic mass is 16.5. The van der Waals surface area contributed by atoms with Crippen molar-refractivity contribution in [3.8, 4) is 5.75 Å². The van der Waals surface area contributed by atoms with Crippen LogP contribution < -0.4 is 10.1 Å². The molecule has 108 valence electrons. The molecule has 3 heteroatoms. The molecule has 0 fully saturated rings. The minimum absolute atomic E-state index is 0.169. The van der Waals surface area contributed by atoms with E-state index in [1.165, 1.54) is 5.56 Å². The van der Waals surface area contributed by atoms with E-state index in [2.05, 4.69) is 38.2 Å². The smallest absolute Gasteiger partial charge is 0.119 e. The van der Waals surface area contributed by atoms with Crippen LogP contribution in [0.3, 0.4) is 0 Å².